The highest BCUT2D eigenvalue weighted by Gasteiger charge is 2.40. The van der Waals surface area contributed by atoms with Crippen LogP contribution in [-0.2, 0) is 0 Å². The van der Waals surface area contributed by atoms with Gasteiger partial charge in [0.05, 0.1) is 0 Å². The third kappa shape index (κ3) is 4.15. The van der Waals surface area contributed by atoms with E-state index < -0.39 is 0 Å². The number of benzene rings is 1. The highest BCUT2D eigenvalue weighted by atomic mass is 127. The van der Waals surface area contributed by atoms with Crippen molar-refractivity contribution in [1.82, 2.24) is 0 Å². The van der Waals surface area contributed by atoms with Gasteiger partial charge in [-0.15, -0.1) is 24.0 Å². The Balaban J connectivity index is 0.00000162. The lowest BCUT2D eigenvalue weighted by Crippen LogP contribution is -2.24. The molecule has 0 unspecified atom stereocenters. The number of halogens is 1. The molecule has 0 aliphatic heterocycles. The van der Waals surface area contributed by atoms with Crippen LogP contribution in [0, 0.1) is 12.3 Å². The minimum atomic E-state index is 0. The van der Waals surface area contributed by atoms with Crippen molar-refractivity contribution in [2.75, 3.05) is 11.9 Å². The molecule has 0 aromatic heterocycles. The van der Waals surface area contributed by atoms with E-state index in [1.165, 1.54) is 24.8 Å². The molecule has 0 atom stereocenters. The zero-order chi connectivity index (χ0) is 12.3. The predicted molar refractivity (Wildman–Crippen MR) is 88.7 cm³/mol. The Morgan fingerprint density at radius 1 is 1.33 bits per heavy atom. The molecule has 0 bridgehead atoms. The number of hydrogen-bond donors (Lipinski definition) is 2. The van der Waals surface area contributed by atoms with Crippen molar-refractivity contribution in [3.63, 3.8) is 0 Å². The molecule has 100 valence electrons. The summed E-state index contributed by atoms with van der Waals surface area (Å²) in [5, 5.41) is 3.12. The number of aryl methyl sites for hydroxylation is 1. The van der Waals surface area contributed by atoms with Crippen molar-refractivity contribution in [2.45, 2.75) is 33.1 Å². The van der Waals surface area contributed by atoms with E-state index in [-0.39, 0.29) is 24.0 Å². The smallest absolute Gasteiger partial charge is 0.193 e. The molecule has 1 aromatic rings. The molecular formula is C14H22IN3. The monoisotopic (exact) mass is 359 g/mol. The van der Waals surface area contributed by atoms with E-state index in [1.54, 1.807) is 0 Å². The Labute approximate surface area is 126 Å². The number of rotatable bonds is 4. The normalized spacial score (nSPS) is 16.9. The first kappa shape index (κ1) is 15.3. The molecule has 0 heterocycles. The van der Waals surface area contributed by atoms with Crippen LogP contribution in [0.4, 0.5) is 5.69 Å². The molecule has 0 spiro atoms. The van der Waals surface area contributed by atoms with Crippen molar-refractivity contribution in [3.8, 4) is 0 Å². The lowest BCUT2D eigenvalue weighted by atomic mass is 10.1. The second-order valence-corrected chi connectivity index (χ2v) is 5.05. The molecule has 1 saturated carbocycles. The van der Waals surface area contributed by atoms with Gasteiger partial charge in [-0.05, 0) is 43.7 Å². The maximum absolute atomic E-state index is 5.87. The molecule has 1 fully saturated rings. The Morgan fingerprint density at radius 3 is 2.44 bits per heavy atom. The molecule has 3 N–H and O–H groups in total. The maximum Gasteiger partial charge on any atom is 0.193 e. The van der Waals surface area contributed by atoms with Crippen LogP contribution >= 0.6 is 24.0 Å². The van der Waals surface area contributed by atoms with Crippen LogP contribution in [0.2, 0.25) is 0 Å². The van der Waals surface area contributed by atoms with Crippen LogP contribution in [0.5, 0.6) is 0 Å². The first-order valence-electron chi connectivity index (χ1n) is 6.27. The lowest BCUT2D eigenvalue weighted by molar-refractivity contribution is 0.506. The molecule has 18 heavy (non-hydrogen) atoms. The van der Waals surface area contributed by atoms with Gasteiger partial charge in [0, 0.05) is 12.2 Å². The fraction of sp³-hybridized carbons (Fsp3) is 0.500. The topological polar surface area (TPSA) is 50.4 Å². The van der Waals surface area contributed by atoms with Crippen LogP contribution in [0.15, 0.2) is 29.3 Å². The van der Waals surface area contributed by atoms with Crippen LogP contribution in [0.3, 0.4) is 0 Å². The van der Waals surface area contributed by atoms with Gasteiger partial charge in [-0.25, -0.2) is 0 Å². The largest absolute Gasteiger partial charge is 0.370 e. The van der Waals surface area contributed by atoms with Crippen molar-refractivity contribution < 1.29 is 0 Å². The van der Waals surface area contributed by atoms with Crippen molar-refractivity contribution in [1.29, 1.82) is 0 Å². The fourth-order valence-corrected chi connectivity index (χ4v) is 1.88. The third-order valence-electron chi connectivity index (χ3n) is 3.62. The molecule has 0 radical (unpaired) electrons. The maximum atomic E-state index is 5.87. The Kier molecular flexibility index (Phi) is 5.44. The number of nitrogens with zero attached hydrogens (tertiary/aromatic N) is 1. The fourth-order valence-electron chi connectivity index (χ4n) is 1.88. The second kappa shape index (κ2) is 6.41. The second-order valence-electron chi connectivity index (χ2n) is 5.05. The van der Waals surface area contributed by atoms with Crippen molar-refractivity contribution in [3.05, 3.63) is 29.8 Å². The highest BCUT2D eigenvalue weighted by molar-refractivity contribution is 14.0. The summed E-state index contributed by atoms with van der Waals surface area (Å²) < 4.78 is 0. The molecule has 1 aliphatic carbocycles. The Bertz CT molecular complexity index is 408. The number of nitrogens with two attached hydrogens (primary N) is 1. The first-order chi connectivity index (χ1) is 8.13. The summed E-state index contributed by atoms with van der Waals surface area (Å²) in [5.41, 5.74) is 8.57. The molecule has 1 aliphatic rings. The number of guanidine groups is 1. The Morgan fingerprint density at radius 2 is 1.94 bits per heavy atom. The number of aliphatic imine (C=N–C) groups is 1. The van der Waals surface area contributed by atoms with Gasteiger partial charge in [0.15, 0.2) is 5.96 Å². The molecule has 3 nitrogen and oxygen atoms in total. The summed E-state index contributed by atoms with van der Waals surface area (Å²) in [4.78, 5) is 4.43. The molecule has 4 heteroatoms. The number of hydrogen-bond acceptors (Lipinski definition) is 1. The van der Waals surface area contributed by atoms with Gasteiger partial charge in [-0.3, -0.25) is 4.99 Å². The van der Waals surface area contributed by atoms with E-state index in [0.717, 1.165) is 12.2 Å². The van der Waals surface area contributed by atoms with Crippen LogP contribution < -0.4 is 11.1 Å². The average Bonchev–Trinajstić information content (AvgIpc) is 3.10. The van der Waals surface area contributed by atoms with E-state index in [1.807, 2.05) is 12.1 Å². The van der Waals surface area contributed by atoms with E-state index >= 15 is 0 Å². The number of nitrogens with one attached hydrogen (secondary N) is 1. The summed E-state index contributed by atoms with van der Waals surface area (Å²) in [6.07, 6.45) is 3.80. The quantitative estimate of drug-likeness (QED) is 0.491. The molecular weight excluding hydrogens is 337 g/mol. The zero-order valence-electron chi connectivity index (χ0n) is 11.1. The molecule has 0 amide bonds. The molecule has 2 rings (SSSR count). The van der Waals surface area contributed by atoms with E-state index in [9.17, 15) is 0 Å². The zero-order valence-corrected chi connectivity index (χ0v) is 13.4. The van der Waals surface area contributed by atoms with Gasteiger partial charge >= 0.3 is 0 Å². The Hall–Kier alpha value is -0.780. The van der Waals surface area contributed by atoms with Crippen molar-refractivity contribution in [2.24, 2.45) is 16.1 Å². The van der Waals surface area contributed by atoms with Crippen LogP contribution in [0.25, 0.3) is 0 Å². The first-order valence-corrected chi connectivity index (χ1v) is 6.27. The van der Waals surface area contributed by atoms with E-state index in [4.69, 9.17) is 5.73 Å². The summed E-state index contributed by atoms with van der Waals surface area (Å²) >= 11 is 0. The third-order valence-corrected chi connectivity index (χ3v) is 3.62. The van der Waals surface area contributed by atoms with Gasteiger partial charge in [0.2, 0.25) is 0 Å². The molecule has 0 saturated heterocycles. The van der Waals surface area contributed by atoms with Gasteiger partial charge in [-0.2, -0.15) is 0 Å². The van der Waals surface area contributed by atoms with E-state index in [2.05, 4.69) is 36.3 Å². The lowest BCUT2D eigenvalue weighted by Gasteiger charge is -2.10. The average molecular weight is 359 g/mol. The summed E-state index contributed by atoms with van der Waals surface area (Å²) in [6.45, 7) is 5.15. The number of anilines is 1. The van der Waals surface area contributed by atoms with Gasteiger partial charge in [-0.1, -0.05) is 24.6 Å². The SMILES string of the molecule is CCC1(CN=C(N)Nc2ccc(C)cc2)CC1.I. The van der Waals surface area contributed by atoms with E-state index in [0.29, 0.717) is 11.4 Å². The molecule has 1 aromatic carbocycles. The summed E-state index contributed by atoms with van der Waals surface area (Å²) in [7, 11) is 0. The van der Waals surface area contributed by atoms with Crippen LogP contribution in [0.1, 0.15) is 31.7 Å². The van der Waals surface area contributed by atoms with Gasteiger partial charge in [0.1, 0.15) is 0 Å². The summed E-state index contributed by atoms with van der Waals surface area (Å²) in [5.74, 6) is 0.522. The van der Waals surface area contributed by atoms with Gasteiger partial charge in [0.25, 0.3) is 0 Å². The summed E-state index contributed by atoms with van der Waals surface area (Å²) in [6, 6.07) is 8.16. The standard InChI is InChI=1S/C14H21N3.HI/c1-3-14(8-9-14)10-16-13(15)17-12-6-4-11(2)5-7-12;/h4-7H,3,8-10H2,1-2H3,(H3,15,16,17);1H. The van der Waals surface area contributed by atoms with Crippen molar-refractivity contribution >= 4 is 35.6 Å². The highest BCUT2D eigenvalue weighted by Crippen LogP contribution is 2.48. The van der Waals surface area contributed by atoms with Gasteiger partial charge < -0.3 is 11.1 Å². The van der Waals surface area contributed by atoms with Crippen LogP contribution in [-0.4, -0.2) is 12.5 Å². The predicted octanol–water partition coefficient (Wildman–Crippen LogP) is 3.53. The minimum Gasteiger partial charge on any atom is -0.370 e. The minimum absolute atomic E-state index is 0.